The highest BCUT2D eigenvalue weighted by Gasteiger charge is 2.22. The lowest BCUT2D eigenvalue weighted by Crippen LogP contribution is -2.03. The minimum absolute atomic E-state index is 0.430. The summed E-state index contributed by atoms with van der Waals surface area (Å²) < 4.78 is 6.98. The first kappa shape index (κ1) is 5.92. The predicted octanol–water partition coefficient (Wildman–Crippen LogP) is 0.590. The molecule has 0 saturated carbocycles. The molecule has 2 rings (SSSR count). The fourth-order valence-electron chi connectivity index (χ4n) is 0.949. The molecule has 0 unspecified atom stereocenters. The molecule has 0 aromatic carbocycles. The zero-order chi connectivity index (χ0) is 6.97. The summed E-state index contributed by atoms with van der Waals surface area (Å²) >= 11 is 0. The maximum Gasteiger partial charge on any atom is 0.100 e. The molecule has 54 valence electrons. The van der Waals surface area contributed by atoms with Gasteiger partial charge in [0.05, 0.1) is 19.3 Å². The van der Waals surface area contributed by atoms with Gasteiger partial charge in [-0.15, -0.1) is 0 Å². The van der Waals surface area contributed by atoms with Crippen LogP contribution in [0.3, 0.4) is 0 Å². The van der Waals surface area contributed by atoms with E-state index in [1.54, 1.807) is 0 Å². The zero-order valence-electron chi connectivity index (χ0n) is 5.95. The van der Waals surface area contributed by atoms with E-state index in [1.165, 1.54) is 5.56 Å². The Morgan fingerprint density at radius 1 is 1.90 bits per heavy atom. The molecule has 0 amide bonds. The maximum atomic E-state index is 5.06. The van der Waals surface area contributed by atoms with Crippen LogP contribution in [0.15, 0.2) is 12.4 Å². The van der Waals surface area contributed by atoms with Gasteiger partial charge in [-0.1, -0.05) is 0 Å². The highest BCUT2D eigenvalue weighted by Crippen LogP contribution is 2.10. The standard InChI is InChI=1S/C7H10N2O/c1-6-2-8-9(3-6)4-7-5-10-7/h2-3,7H,4-5H2,1H3/t7-/m0/s1. The predicted molar refractivity (Wildman–Crippen MR) is 36.7 cm³/mol. The third kappa shape index (κ3) is 1.19. The molecule has 10 heavy (non-hydrogen) atoms. The largest absolute Gasteiger partial charge is 0.371 e. The number of hydrogen-bond acceptors (Lipinski definition) is 2. The number of epoxide rings is 1. The SMILES string of the molecule is Cc1cnn(C[C@H]2CO2)c1. The van der Waals surface area contributed by atoms with E-state index in [1.807, 2.05) is 24.0 Å². The van der Waals surface area contributed by atoms with Crippen LogP contribution in [0.5, 0.6) is 0 Å². The van der Waals surface area contributed by atoms with Crippen molar-refractivity contribution in [3.8, 4) is 0 Å². The second kappa shape index (κ2) is 2.09. The number of rotatable bonds is 2. The van der Waals surface area contributed by atoms with Crippen molar-refractivity contribution in [2.45, 2.75) is 19.6 Å². The van der Waals surface area contributed by atoms with Gasteiger partial charge >= 0.3 is 0 Å². The summed E-state index contributed by atoms with van der Waals surface area (Å²) in [5.74, 6) is 0. The van der Waals surface area contributed by atoms with Crippen molar-refractivity contribution in [3.05, 3.63) is 18.0 Å². The van der Waals surface area contributed by atoms with Crippen molar-refractivity contribution >= 4 is 0 Å². The Labute approximate surface area is 59.6 Å². The molecule has 1 aliphatic heterocycles. The molecule has 0 aliphatic carbocycles. The van der Waals surface area contributed by atoms with Gasteiger partial charge in [0.15, 0.2) is 0 Å². The third-order valence-corrected chi connectivity index (χ3v) is 1.56. The van der Waals surface area contributed by atoms with E-state index >= 15 is 0 Å². The summed E-state index contributed by atoms with van der Waals surface area (Å²) in [6.45, 7) is 3.85. The molecule has 1 aromatic rings. The fraction of sp³-hybridized carbons (Fsp3) is 0.571. The van der Waals surface area contributed by atoms with Gasteiger partial charge in [0.1, 0.15) is 6.10 Å². The smallest absolute Gasteiger partial charge is 0.100 e. The topological polar surface area (TPSA) is 30.4 Å². The first-order valence-electron chi connectivity index (χ1n) is 3.45. The Morgan fingerprint density at radius 3 is 3.20 bits per heavy atom. The van der Waals surface area contributed by atoms with E-state index < -0.39 is 0 Å². The highest BCUT2D eigenvalue weighted by atomic mass is 16.6. The van der Waals surface area contributed by atoms with E-state index in [0.717, 1.165) is 13.2 Å². The van der Waals surface area contributed by atoms with Crippen molar-refractivity contribution in [2.24, 2.45) is 0 Å². The Balaban J connectivity index is 2.03. The monoisotopic (exact) mass is 138 g/mol. The average molecular weight is 138 g/mol. The molecule has 0 radical (unpaired) electrons. The van der Waals surface area contributed by atoms with Crippen molar-refractivity contribution in [3.63, 3.8) is 0 Å². The number of aryl methyl sites for hydroxylation is 1. The molecular weight excluding hydrogens is 128 g/mol. The summed E-state index contributed by atoms with van der Waals surface area (Å²) in [7, 11) is 0. The molecular formula is C7H10N2O. The second-order valence-corrected chi connectivity index (χ2v) is 2.70. The lowest BCUT2D eigenvalue weighted by molar-refractivity contribution is 0.373. The van der Waals surface area contributed by atoms with Crippen LogP contribution >= 0.6 is 0 Å². The first-order chi connectivity index (χ1) is 4.84. The van der Waals surface area contributed by atoms with E-state index in [2.05, 4.69) is 5.10 Å². The van der Waals surface area contributed by atoms with Gasteiger partial charge in [0.2, 0.25) is 0 Å². The van der Waals surface area contributed by atoms with Crippen LogP contribution in [0.2, 0.25) is 0 Å². The molecule has 3 nitrogen and oxygen atoms in total. The van der Waals surface area contributed by atoms with Crippen LogP contribution in [0.25, 0.3) is 0 Å². The van der Waals surface area contributed by atoms with Gasteiger partial charge in [-0.05, 0) is 12.5 Å². The molecule has 0 bridgehead atoms. The zero-order valence-corrected chi connectivity index (χ0v) is 5.95. The van der Waals surface area contributed by atoms with Gasteiger partial charge < -0.3 is 4.74 Å². The Morgan fingerprint density at radius 2 is 2.70 bits per heavy atom. The van der Waals surface area contributed by atoms with Crippen LogP contribution in [0, 0.1) is 6.92 Å². The van der Waals surface area contributed by atoms with E-state index in [0.29, 0.717) is 6.10 Å². The molecule has 3 heteroatoms. The van der Waals surface area contributed by atoms with Crippen LogP contribution in [-0.2, 0) is 11.3 Å². The molecule has 1 aliphatic rings. The molecule has 1 aromatic heterocycles. The average Bonchev–Trinajstić information content (AvgIpc) is 2.59. The number of hydrogen-bond donors (Lipinski definition) is 0. The van der Waals surface area contributed by atoms with Gasteiger partial charge in [0, 0.05) is 6.20 Å². The Kier molecular flexibility index (Phi) is 1.24. The molecule has 1 atom stereocenters. The first-order valence-corrected chi connectivity index (χ1v) is 3.45. The summed E-state index contributed by atoms with van der Waals surface area (Å²) in [6.07, 6.45) is 4.32. The summed E-state index contributed by atoms with van der Waals surface area (Å²) in [5.41, 5.74) is 1.21. The Bertz CT molecular complexity index is 227. The van der Waals surface area contributed by atoms with Gasteiger partial charge in [0.25, 0.3) is 0 Å². The summed E-state index contributed by atoms with van der Waals surface area (Å²) in [6, 6.07) is 0. The molecule has 1 saturated heterocycles. The van der Waals surface area contributed by atoms with Gasteiger partial charge in [-0.25, -0.2) is 0 Å². The minimum atomic E-state index is 0.430. The van der Waals surface area contributed by atoms with Crippen LogP contribution in [-0.4, -0.2) is 22.5 Å². The van der Waals surface area contributed by atoms with Crippen molar-refractivity contribution in [1.29, 1.82) is 0 Å². The van der Waals surface area contributed by atoms with Crippen molar-refractivity contribution in [2.75, 3.05) is 6.61 Å². The molecule has 0 spiro atoms. The summed E-state index contributed by atoms with van der Waals surface area (Å²) in [4.78, 5) is 0. The Hall–Kier alpha value is -0.830. The normalized spacial score (nSPS) is 23.1. The lowest BCUT2D eigenvalue weighted by Gasteiger charge is -1.93. The van der Waals surface area contributed by atoms with Crippen LogP contribution in [0.4, 0.5) is 0 Å². The second-order valence-electron chi connectivity index (χ2n) is 2.70. The number of ether oxygens (including phenoxy) is 1. The molecule has 1 fully saturated rings. The van der Waals surface area contributed by atoms with Crippen LogP contribution < -0.4 is 0 Å². The molecule has 0 N–H and O–H groups in total. The lowest BCUT2D eigenvalue weighted by atomic mass is 10.4. The van der Waals surface area contributed by atoms with Crippen molar-refractivity contribution < 1.29 is 4.74 Å². The maximum absolute atomic E-state index is 5.06. The molecule has 2 heterocycles. The van der Waals surface area contributed by atoms with Crippen molar-refractivity contribution in [1.82, 2.24) is 9.78 Å². The number of nitrogens with zero attached hydrogens (tertiary/aromatic N) is 2. The van der Waals surface area contributed by atoms with E-state index in [-0.39, 0.29) is 0 Å². The minimum Gasteiger partial charge on any atom is -0.371 e. The quantitative estimate of drug-likeness (QED) is 0.560. The van der Waals surface area contributed by atoms with E-state index in [4.69, 9.17) is 4.74 Å². The number of aromatic nitrogens is 2. The van der Waals surface area contributed by atoms with Gasteiger partial charge in [-0.3, -0.25) is 4.68 Å². The van der Waals surface area contributed by atoms with E-state index in [9.17, 15) is 0 Å². The van der Waals surface area contributed by atoms with Crippen LogP contribution in [0.1, 0.15) is 5.56 Å². The van der Waals surface area contributed by atoms with Gasteiger partial charge in [-0.2, -0.15) is 5.10 Å². The third-order valence-electron chi connectivity index (χ3n) is 1.56. The highest BCUT2D eigenvalue weighted by molar-refractivity contribution is 4.99. The fourth-order valence-corrected chi connectivity index (χ4v) is 0.949. The summed E-state index contributed by atoms with van der Waals surface area (Å²) in [5, 5.41) is 4.13.